The number of aromatic nitrogens is 1. The zero-order chi connectivity index (χ0) is 26.7. The van der Waals surface area contributed by atoms with E-state index in [0.29, 0.717) is 30.0 Å². The highest BCUT2D eigenvalue weighted by Gasteiger charge is 2.41. The summed E-state index contributed by atoms with van der Waals surface area (Å²) < 4.78 is 2.20. The molecule has 41 heavy (non-hydrogen) atoms. The summed E-state index contributed by atoms with van der Waals surface area (Å²) in [5.74, 6) is 2.74. The molecule has 0 N–H and O–H groups in total. The number of fused-ring (bicyclic) bond motifs is 14. The van der Waals surface area contributed by atoms with E-state index in [1.807, 2.05) is 24.3 Å². The van der Waals surface area contributed by atoms with Gasteiger partial charge in [0, 0.05) is 33.0 Å². The first-order chi connectivity index (χ1) is 20.3. The molecule has 6 bridgehead atoms. The van der Waals surface area contributed by atoms with Crippen molar-refractivity contribution < 1.29 is 0 Å². The quantitative estimate of drug-likeness (QED) is 0.295. The third kappa shape index (κ3) is 2.81. The summed E-state index contributed by atoms with van der Waals surface area (Å²) in [6, 6.07) is 33.3. The Labute approximate surface area is 233 Å². The van der Waals surface area contributed by atoms with E-state index < -0.39 is 0 Å². The van der Waals surface area contributed by atoms with E-state index in [0.717, 1.165) is 55.1 Å². The summed E-state index contributed by atoms with van der Waals surface area (Å²) >= 11 is 0. The maximum atomic E-state index is 5.33. The molecular weight excluding hydrogens is 508 g/mol. The van der Waals surface area contributed by atoms with Crippen LogP contribution in [0.2, 0.25) is 0 Å². The Morgan fingerprint density at radius 2 is 0.878 bits per heavy atom. The van der Waals surface area contributed by atoms with Crippen LogP contribution in [0.15, 0.2) is 127 Å². The predicted octanol–water partition coefficient (Wildman–Crippen LogP) is 4.29. The van der Waals surface area contributed by atoms with Gasteiger partial charge in [0.25, 0.3) is 0 Å². The predicted molar refractivity (Wildman–Crippen MR) is 157 cm³/mol. The average molecular weight is 529 g/mol. The van der Waals surface area contributed by atoms with Crippen molar-refractivity contribution in [2.75, 3.05) is 0 Å². The van der Waals surface area contributed by atoms with Crippen LogP contribution in [0.25, 0.3) is 10.8 Å². The second-order valence-corrected chi connectivity index (χ2v) is 10.7. The number of rotatable bonds is 0. The molecule has 5 aromatic rings. The van der Waals surface area contributed by atoms with Crippen molar-refractivity contribution in [3.63, 3.8) is 0 Å². The van der Waals surface area contributed by atoms with Gasteiger partial charge in [0.1, 0.15) is 23.3 Å². The summed E-state index contributed by atoms with van der Waals surface area (Å²) in [7, 11) is 0. The lowest BCUT2D eigenvalue weighted by atomic mass is 10.1. The van der Waals surface area contributed by atoms with Crippen molar-refractivity contribution in [1.29, 1.82) is 0 Å². The fourth-order valence-corrected chi connectivity index (χ4v) is 6.70. The number of amidine groups is 4. The lowest BCUT2D eigenvalue weighted by Gasteiger charge is -2.27. The third-order valence-electron chi connectivity index (χ3n) is 8.56. The van der Waals surface area contributed by atoms with Crippen LogP contribution < -0.4 is 11.0 Å². The maximum absolute atomic E-state index is 5.33. The van der Waals surface area contributed by atoms with Crippen molar-refractivity contribution in [3.8, 4) is 0 Å². The Morgan fingerprint density at radius 1 is 0.463 bits per heavy atom. The van der Waals surface area contributed by atoms with Gasteiger partial charge in [-0.05, 0) is 11.1 Å². The van der Waals surface area contributed by atoms with E-state index in [1.54, 1.807) is 0 Å². The summed E-state index contributed by atoms with van der Waals surface area (Å²) in [6.07, 6.45) is -0.592. The number of aliphatic imine (C=N–C) groups is 4. The van der Waals surface area contributed by atoms with Crippen LogP contribution in [0.3, 0.4) is 0 Å². The van der Waals surface area contributed by atoms with Crippen molar-refractivity contribution >= 4 is 34.1 Å². The van der Waals surface area contributed by atoms with Gasteiger partial charge in [0.05, 0.1) is 6.67 Å². The van der Waals surface area contributed by atoms with Gasteiger partial charge in [-0.1, -0.05) is 97.1 Å². The molecule has 2 atom stereocenters. The molecule has 192 valence electrons. The van der Waals surface area contributed by atoms with E-state index in [1.165, 1.54) is 0 Å². The normalized spacial score (nSPS) is 21.0. The molecule has 10 rings (SSSR count). The molecule has 2 unspecified atom stereocenters. The van der Waals surface area contributed by atoms with Crippen LogP contribution in [0.1, 0.15) is 45.7 Å². The van der Waals surface area contributed by atoms with Gasteiger partial charge in [-0.15, -0.1) is 0 Å². The van der Waals surface area contributed by atoms with Crippen molar-refractivity contribution in [3.05, 3.63) is 141 Å². The van der Waals surface area contributed by atoms with Crippen LogP contribution >= 0.6 is 0 Å². The fourth-order valence-electron chi connectivity index (χ4n) is 6.70. The molecule has 5 aliphatic heterocycles. The number of hydrogen-bond donors (Lipinski definition) is 0. The highest BCUT2D eigenvalue weighted by molar-refractivity contribution is 6.23. The van der Waals surface area contributed by atoms with Crippen LogP contribution in [0.4, 0.5) is 0 Å². The second kappa shape index (κ2) is 7.65. The van der Waals surface area contributed by atoms with Crippen molar-refractivity contribution in [1.82, 2.24) is 9.47 Å². The summed E-state index contributed by atoms with van der Waals surface area (Å²) in [6.45, 7) is 0.497. The first kappa shape index (κ1) is 21.5. The van der Waals surface area contributed by atoms with Gasteiger partial charge in [-0.2, -0.15) is 0 Å². The van der Waals surface area contributed by atoms with Crippen LogP contribution in [0, 0.1) is 0 Å². The molecule has 0 aliphatic carbocycles. The molecule has 0 fully saturated rings. The zero-order valence-electron chi connectivity index (χ0n) is 21.7. The lowest BCUT2D eigenvalue weighted by Crippen LogP contribution is -2.38. The van der Waals surface area contributed by atoms with Gasteiger partial charge in [0.15, 0.2) is 23.3 Å². The monoisotopic (exact) mass is 528 g/mol. The molecule has 0 amide bonds. The Kier molecular flexibility index (Phi) is 4.01. The molecule has 0 spiro atoms. The zero-order valence-corrected chi connectivity index (χ0v) is 21.7. The molecule has 1 aromatic heterocycles. The molecule has 5 aliphatic rings. The largest absolute Gasteiger partial charge is 0.296 e. The minimum Gasteiger partial charge on any atom is -0.296 e. The van der Waals surface area contributed by atoms with E-state index in [-0.39, 0.29) is 12.3 Å². The molecule has 8 nitrogen and oxygen atoms in total. The minimum absolute atomic E-state index is 0.296. The molecule has 0 saturated carbocycles. The topological polar surface area (TPSA) is 82.3 Å². The highest BCUT2D eigenvalue weighted by atomic mass is 15.4. The van der Waals surface area contributed by atoms with Crippen molar-refractivity contribution in [2.45, 2.75) is 19.0 Å². The lowest BCUT2D eigenvalue weighted by molar-refractivity contribution is 0.122. The van der Waals surface area contributed by atoms with E-state index >= 15 is 0 Å². The summed E-state index contributed by atoms with van der Waals surface area (Å²) in [5.41, 5.74) is 7.85. The highest BCUT2D eigenvalue weighted by Crippen LogP contribution is 2.45. The Morgan fingerprint density at radius 3 is 1.37 bits per heavy atom. The molecule has 0 radical (unpaired) electrons. The standard InChI is InChI=1S/C33H20N8/c1-2-10-19-18(9-1)26-34-27(19)37-31-24-15-7-8-16-25(24)33-39-29-21-12-4-3-11-20(21)28(35-29)38-32-23-14-6-5-13-22(23)30(36-26)40(32)17-41(31)33/h1-16,30,32H,17H2. The first-order valence-electron chi connectivity index (χ1n) is 13.7. The smallest absolute Gasteiger partial charge is 0.164 e. The molecule has 8 heteroatoms. The van der Waals surface area contributed by atoms with Crippen LogP contribution in [-0.4, -0.2) is 32.8 Å². The molecule has 0 saturated heterocycles. The Hall–Kier alpha value is -5.34. The Bertz CT molecular complexity index is 2110. The number of benzene rings is 4. The maximum Gasteiger partial charge on any atom is 0.164 e. The number of hydrogen-bond acceptors (Lipinski definition) is 7. The van der Waals surface area contributed by atoms with Gasteiger partial charge in [-0.3, -0.25) is 4.57 Å². The Balaban J connectivity index is 1.40. The second-order valence-electron chi connectivity index (χ2n) is 10.7. The van der Waals surface area contributed by atoms with Gasteiger partial charge in [-0.25, -0.2) is 34.9 Å². The fraction of sp³-hybridized carbons (Fsp3) is 0.0909. The van der Waals surface area contributed by atoms with Crippen molar-refractivity contribution in [2.24, 2.45) is 30.0 Å². The first-order valence-corrected chi connectivity index (χ1v) is 13.7. The molecule has 6 heterocycles. The summed E-state index contributed by atoms with van der Waals surface area (Å²) in [4.78, 5) is 33.5. The van der Waals surface area contributed by atoms with E-state index in [4.69, 9.17) is 30.0 Å². The molecular formula is C33H20N8. The van der Waals surface area contributed by atoms with Crippen LogP contribution in [0.5, 0.6) is 0 Å². The molecule has 4 aromatic carbocycles. The SMILES string of the molecule is c1ccc2c(c1)C1=NC2=NC2c3ccccc3C3N=C4N=C(N=c5c6ccccc6c(n5CN23)=N1)c1ccccc14. The third-order valence-corrected chi connectivity index (χ3v) is 8.56. The van der Waals surface area contributed by atoms with Crippen LogP contribution in [-0.2, 0) is 6.67 Å². The minimum atomic E-state index is -0.296. The van der Waals surface area contributed by atoms with E-state index in [9.17, 15) is 0 Å². The van der Waals surface area contributed by atoms with Gasteiger partial charge >= 0.3 is 0 Å². The van der Waals surface area contributed by atoms with Gasteiger partial charge in [0.2, 0.25) is 0 Å². The van der Waals surface area contributed by atoms with E-state index in [2.05, 4.69) is 82.3 Å². The summed E-state index contributed by atoms with van der Waals surface area (Å²) in [5, 5.41) is 2.05. The van der Waals surface area contributed by atoms with Gasteiger partial charge < -0.3 is 0 Å². The number of nitrogens with zero attached hydrogens (tertiary/aromatic N) is 8. The average Bonchev–Trinajstić information content (AvgIpc) is 3.72.